The number of fused-ring (bicyclic) bond motifs is 2. The van der Waals surface area contributed by atoms with Crippen LogP contribution in [-0.2, 0) is 0 Å². The highest BCUT2D eigenvalue weighted by molar-refractivity contribution is 6.02. The molecule has 4 heteroatoms. The van der Waals surface area contributed by atoms with E-state index in [0.29, 0.717) is 0 Å². The van der Waals surface area contributed by atoms with Crippen LogP contribution in [0.5, 0.6) is 5.88 Å². The van der Waals surface area contributed by atoms with Crippen LogP contribution in [0.25, 0.3) is 10.9 Å². The molecule has 1 aromatic heterocycles. The Kier molecular flexibility index (Phi) is 4.40. The van der Waals surface area contributed by atoms with E-state index in [1.807, 2.05) is 24.3 Å². The number of rotatable bonds is 3. The van der Waals surface area contributed by atoms with Crippen LogP contribution in [0.15, 0.2) is 65.2 Å². The molecule has 1 aliphatic carbocycles. The fraction of sp³-hybridized carbons (Fsp3) is 0.292. The Balaban J connectivity index is 1.33. The highest BCUT2D eigenvalue weighted by Gasteiger charge is 2.25. The highest BCUT2D eigenvalue weighted by atomic mass is 16.3. The summed E-state index contributed by atoms with van der Waals surface area (Å²) >= 11 is 0. The van der Waals surface area contributed by atoms with Gasteiger partial charge in [0.15, 0.2) is 5.88 Å². The largest absolute Gasteiger partial charge is 0.494 e. The summed E-state index contributed by atoms with van der Waals surface area (Å²) in [5.41, 5.74) is 5.43. The zero-order valence-electron chi connectivity index (χ0n) is 15.9. The summed E-state index contributed by atoms with van der Waals surface area (Å²) in [7, 11) is 0. The first-order valence-electron chi connectivity index (χ1n) is 10.2. The number of aromatic hydroxyl groups is 1. The third-order valence-corrected chi connectivity index (χ3v) is 6.09. The van der Waals surface area contributed by atoms with E-state index < -0.39 is 0 Å². The van der Waals surface area contributed by atoms with Crippen molar-refractivity contribution in [2.24, 2.45) is 10.9 Å². The van der Waals surface area contributed by atoms with Crippen LogP contribution in [-0.4, -0.2) is 29.4 Å². The SMILES string of the molecule is Oc1[nH]c2ccccc2c1C=Nc1ccc(N2CCC3CCCC=C3C2)cc1. The molecule has 1 aliphatic heterocycles. The maximum absolute atomic E-state index is 10.2. The molecule has 2 aromatic carbocycles. The van der Waals surface area contributed by atoms with E-state index in [2.05, 4.69) is 45.2 Å². The lowest BCUT2D eigenvalue weighted by molar-refractivity contribution is 0.438. The van der Waals surface area contributed by atoms with Gasteiger partial charge in [0.05, 0.1) is 11.3 Å². The number of para-hydroxylation sites is 1. The number of aromatic nitrogens is 1. The fourth-order valence-corrected chi connectivity index (χ4v) is 4.53. The normalized spacial score (nSPS) is 19.8. The number of benzene rings is 2. The third-order valence-electron chi connectivity index (χ3n) is 6.09. The number of nitrogens with one attached hydrogen (secondary N) is 1. The van der Waals surface area contributed by atoms with Gasteiger partial charge in [0.1, 0.15) is 0 Å². The summed E-state index contributed by atoms with van der Waals surface area (Å²) in [6, 6.07) is 16.3. The standard InChI is InChI=1S/C24H25N3O/c28-24-22(21-7-3-4-8-23(21)26-24)15-25-19-9-11-20(12-10-19)27-14-13-17-5-1-2-6-18(17)16-27/h3-4,6-12,15,17,26,28H,1-2,5,13-14,16H2. The van der Waals surface area contributed by atoms with Crippen molar-refractivity contribution in [2.45, 2.75) is 25.7 Å². The van der Waals surface area contributed by atoms with Gasteiger partial charge in [-0.05, 0) is 61.9 Å². The van der Waals surface area contributed by atoms with E-state index >= 15 is 0 Å². The highest BCUT2D eigenvalue weighted by Crippen LogP contribution is 2.34. The Morgan fingerprint density at radius 2 is 1.93 bits per heavy atom. The van der Waals surface area contributed by atoms with Crippen LogP contribution < -0.4 is 4.90 Å². The zero-order valence-corrected chi connectivity index (χ0v) is 15.9. The summed E-state index contributed by atoms with van der Waals surface area (Å²) in [5, 5.41) is 11.1. The summed E-state index contributed by atoms with van der Waals surface area (Å²) in [6.45, 7) is 2.20. The number of aliphatic imine (C=N–C) groups is 1. The number of anilines is 1. The van der Waals surface area contributed by atoms with Crippen molar-refractivity contribution in [1.82, 2.24) is 4.98 Å². The van der Waals surface area contributed by atoms with E-state index in [1.54, 1.807) is 11.8 Å². The van der Waals surface area contributed by atoms with Gasteiger partial charge in [-0.2, -0.15) is 0 Å². The number of hydrogen-bond donors (Lipinski definition) is 2. The molecular formula is C24H25N3O. The second-order valence-corrected chi connectivity index (χ2v) is 7.82. The zero-order chi connectivity index (χ0) is 18.9. The van der Waals surface area contributed by atoms with Gasteiger partial charge in [0, 0.05) is 35.9 Å². The first kappa shape index (κ1) is 17.1. The molecule has 142 valence electrons. The van der Waals surface area contributed by atoms with Gasteiger partial charge in [0.2, 0.25) is 0 Å². The molecule has 3 aromatic rings. The van der Waals surface area contributed by atoms with Crippen LogP contribution in [0.3, 0.4) is 0 Å². The summed E-state index contributed by atoms with van der Waals surface area (Å²) in [6.07, 6.45) is 9.44. The van der Waals surface area contributed by atoms with Crippen molar-refractivity contribution in [3.8, 4) is 5.88 Å². The minimum absolute atomic E-state index is 0.158. The van der Waals surface area contributed by atoms with Gasteiger partial charge in [-0.1, -0.05) is 29.8 Å². The lowest BCUT2D eigenvalue weighted by atomic mass is 9.82. The molecule has 0 spiro atoms. The fourth-order valence-electron chi connectivity index (χ4n) is 4.53. The monoisotopic (exact) mass is 371 g/mol. The Morgan fingerprint density at radius 3 is 2.82 bits per heavy atom. The molecule has 2 heterocycles. The molecule has 2 aliphatic rings. The molecule has 1 saturated heterocycles. The molecule has 0 saturated carbocycles. The number of nitrogens with zero attached hydrogens (tertiary/aromatic N) is 2. The minimum atomic E-state index is 0.158. The Morgan fingerprint density at radius 1 is 1.07 bits per heavy atom. The van der Waals surface area contributed by atoms with Crippen LogP contribution in [0.2, 0.25) is 0 Å². The maximum Gasteiger partial charge on any atom is 0.198 e. The lowest BCUT2D eigenvalue weighted by Crippen LogP contribution is -2.36. The van der Waals surface area contributed by atoms with Gasteiger partial charge in [-0.25, -0.2) is 0 Å². The minimum Gasteiger partial charge on any atom is -0.494 e. The number of allylic oxidation sites excluding steroid dienone is 1. The van der Waals surface area contributed by atoms with E-state index in [0.717, 1.165) is 41.2 Å². The summed E-state index contributed by atoms with van der Waals surface area (Å²) in [4.78, 5) is 10.0. The van der Waals surface area contributed by atoms with Crippen molar-refractivity contribution < 1.29 is 5.11 Å². The second-order valence-electron chi connectivity index (χ2n) is 7.82. The number of hydrogen-bond acceptors (Lipinski definition) is 3. The van der Waals surface area contributed by atoms with Crippen molar-refractivity contribution in [1.29, 1.82) is 0 Å². The Bertz CT molecular complexity index is 1050. The van der Waals surface area contributed by atoms with Crippen LogP contribution in [0, 0.1) is 5.92 Å². The van der Waals surface area contributed by atoms with Crippen LogP contribution >= 0.6 is 0 Å². The molecule has 1 unspecified atom stereocenters. The average Bonchev–Trinajstić information content (AvgIpc) is 3.07. The second kappa shape index (κ2) is 7.19. The van der Waals surface area contributed by atoms with Gasteiger partial charge in [-0.3, -0.25) is 4.99 Å². The van der Waals surface area contributed by atoms with Crippen molar-refractivity contribution in [3.05, 3.63) is 65.7 Å². The molecule has 0 bridgehead atoms. The Hall–Kier alpha value is -3.01. The van der Waals surface area contributed by atoms with Gasteiger partial charge in [-0.15, -0.1) is 0 Å². The molecule has 4 nitrogen and oxygen atoms in total. The first-order chi connectivity index (χ1) is 13.8. The summed E-state index contributed by atoms with van der Waals surface area (Å²) < 4.78 is 0. The third kappa shape index (κ3) is 3.19. The van der Waals surface area contributed by atoms with E-state index in [9.17, 15) is 5.11 Å². The first-order valence-corrected chi connectivity index (χ1v) is 10.2. The van der Waals surface area contributed by atoms with E-state index in [-0.39, 0.29) is 5.88 Å². The Labute approximate surface area is 165 Å². The van der Waals surface area contributed by atoms with Crippen LogP contribution in [0.1, 0.15) is 31.2 Å². The lowest BCUT2D eigenvalue weighted by Gasteiger charge is -2.37. The molecule has 28 heavy (non-hydrogen) atoms. The van der Waals surface area contributed by atoms with E-state index in [4.69, 9.17) is 0 Å². The maximum atomic E-state index is 10.2. The number of aromatic amines is 1. The molecule has 0 radical (unpaired) electrons. The molecule has 5 rings (SSSR count). The van der Waals surface area contributed by atoms with E-state index in [1.165, 1.54) is 31.4 Å². The molecule has 2 N–H and O–H groups in total. The molecular weight excluding hydrogens is 346 g/mol. The summed E-state index contributed by atoms with van der Waals surface area (Å²) in [5.74, 6) is 0.975. The predicted octanol–water partition coefficient (Wildman–Crippen LogP) is 5.56. The molecule has 1 atom stereocenters. The molecule has 1 fully saturated rings. The van der Waals surface area contributed by atoms with Crippen molar-refractivity contribution in [3.63, 3.8) is 0 Å². The van der Waals surface area contributed by atoms with Crippen molar-refractivity contribution >= 4 is 28.5 Å². The van der Waals surface area contributed by atoms with Gasteiger partial charge in [0.25, 0.3) is 0 Å². The quantitative estimate of drug-likeness (QED) is 0.468. The van der Waals surface area contributed by atoms with Gasteiger partial charge >= 0.3 is 0 Å². The van der Waals surface area contributed by atoms with Gasteiger partial charge < -0.3 is 15.0 Å². The average molecular weight is 371 g/mol. The molecule has 0 amide bonds. The topological polar surface area (TPSA) is 51.6 Å². The van der Waals surface area contributed by atoms with Crippen molar-refractivity contribution in [2.75, 3.05) is 18.0 Å². The van der Waals surface area contributed by atoms with Crippen LogP contribution in [0.4, 0.5) is 11.4 Å². The number of piperidine rings is 1. The number of H-pyrrole nitrogens is 1. The predicted molar refractivity (Wildman–Crippen MR) is 116 cm³/mol. The smallest absolute Gasteiger partial charge is 0.198 e.